The largest absolute Gasteiger partial charge is 0.405 e. The maximum Gasteiger partial charge on any atom is 0.328 e. The SMILES string of the molecule is C=C(N=C(/C=C\N)/C=C1/C(=O)NC(=O)N1C)N1CCN(C(C)C)CC1. The predicted molar refractivity (Wildman–Crippen MR) is 97.6 cm³/mol. The van der Waals surface area contributed by atoms with E-state index in [4.69, 9.17) is 5.73 Å². The average Bonchev–Trinajstić information content (AvgIpc) is 2.81. The third-order valence-corrected chi connectivity index (χ3v) is 4.34. The molecule has 0 radical (unpaired) electrons. The number of amides is 3. The van der Waals surface area contributed by atoms with E-state index in [1.54, 1.807) is 6.08 Å². The van der Waals surface area contributed by atoms with E-state index >= 15 is 0 Å². The van der Waals surface area contributed by atoms with E-state index in [2.05, 4.69) is 40.5 Å². The van der Waals surface area contributed by atoms with Gasteiger partial charge in [0.25, 0.3) is 5.91 Å². The topological polar surface area (TPSA) is 94.3 Å². The number of allylic oxidation sites excluding steroid dienone is 2. The zero-order valence-corrected chi connectivity index (χ0v) is 15.0. The Labute approximate surface area is 148 Å². The smallest absolute Gasteiger partial charge is 0.328 e. The van der Waals surface area contributed by atoms with E-state index in [1.807, 2.05) is 0 Å². The molecule has 0 aliphatic carbocycles. The van der Waals surface area contributed by atoms with Gasteiger partial charge in [0, 0.05) is 39.3 Å². The molecule has 2 rings (SSSR count). The fourth-order valence-electron chi connectivity index (χ4n) is 2.74. The van der Waals surface area contributed by atoms with Crippen LogP contribution in [-0.2, 0) is 4.79 Å². The Balaban J connectivity index is 2.13. The van der Waals surface area contributed by atoms with Gasteiger partial charge < -0.3 is 10.6 Å². The summed E-state index contributed by atoms with van der Waals surface area (Å²) in [5.41, 5.74) is 6.17. The van der Waals surface area contributed by atoms with Gasteiger partial charge in [-0.15, -0.1) is 0 Å². The van der Waals surface area contributed by atoms with Crippen molar-refractivity contribution >= 4 is 17.6 Å². The predicted octanol–water partition coefficient (Wildman–Crippen LogP) is 0.463. The number of aliphatic imine (C=N–C) groups is 1. The van der Waals surface area contributed by atoms with Crippen molar-refractivity contribution in [3.05, 3.63) is 36.4 Å². The Morgan fingerprint density at radius 3 is 2.40 bits per heavy atom. The molecule has 2 aliphatic heterocycles. The van der Waals surface area contributed by atoms with Gasteiger partial charge in [0.05, 0.1) is 5.71 Å². The first-order valence-electron chi connectivity index (χ1n) is 8.29. The van der Waals surface area contributed by atoms with Crippen LogP contribution in [0.2, 0.25) is 0 Å². The number of likely N-dealkylation sites (N-methyl/N-ethyl adjacent to an activating group) is 1. The zero-order valence-electron chi connectivity index (χ0n) is 15.0. The third-order valence-electron chi connectivity index (χ3n) is 4.34. The number of hydrogen-bond acceptors (Lipinski definition) is 6. The van der Waals surface area contributed by atoms with Gasteiger partial charge in [0.15, 0.2) is 0 Å². The van der Waals surface area contributed by atoms with Gasteiger partial charge in [-0.05, 0) is 32.2 Å². The van der Waals surface area contributed by atoms with Gasteiger partial charge in [-0.1, -0.05) is 6.58 Å². The first-order valence-corrected chi connectivity index (χ1v) is 8.29. The zero-order chi connectivity index (χ0) is 18.6. The molecule has 0 atom stereocenters. The molecule has 3 N–H and O–H groups in total. The Hall–Kier alpha value is -2.61. The van der Waals surface area contributed by atoms with Crippen LogP contribution >= 0.6 is 0 Å². The number of carbonyl (C=O) groups is 2. The molecule has 0 bridgehead atoms. The molecule has 25 heavy (non-hydrogen) atoms. The molecule has 0 aromatic heterocycles. The summed E-state index contributed by atoms with van der Waals surface area (Å²) < 4.78 is 0. The molecule has 0 unspecified atom stereocenters. The molecule has 2 fully saturated rings. The number of carbonyl (C=O) groups excluding carboxylic acids is 2. The lowest BCUT2D eigenvalue weighted by Gasteiger charge is -2.37. The summed E-state index contributed by atoms with van der Waals surface area (Å²) in [6.07, 6.45) is 4.44. The van der Waals surface area contributed by atoms with Crippen molar-refractivity contribution in [2.24, 2.45) is 10.7 Å². The number of nitrogens with one attached hydrogen (secondary N) is 1. The third kappa shape index (κ3) is 4.48. The monoisotopic (exact) mass is 346 g/mol. The standard InChI is InChI=1S/C17H26N6O2/c1-12(2)22-7-9-23(10-8-22)13(3)19-14(5-6-18)11-15-16(24)20-17(25)21(15)4/h5-6,11-12H,3,7-10,18H2,1-2,4H3,(H,20,24,25)/b6-5-,15-11-,19-14?. The van der Waals surface area contributed by atoms with Gasteiger partial charge in [-0.3, -0.25) is 19.9 Å². The van der Waals surface area contributed by atoms with Crippen molar-refractivity contribution in [2.45, 2.75) is 19.9 Å². The summed E-state index contributed by atoms with van der Waals surface area (Å²) in [5, 5.41) is 2.23. The van der Waals surface area contributed by atoms with Gasteiger partial charge in [0.1, 0.15) is 11.5 Å². The number of urea groups is 1. The number of nitrogens with two attached hydrogens (primary N) is 1. The first-order chi connectivity index (χ1) is 11.8. The molecule has 0 spiro atoms. The second-order valence-corrected chi connectivity index (χ2v) is 6.28. The van der Waals surface area contributed by atoms with Crippen molar-refractivity contribution in [1.29, 1.82) is 0 Å². The quantitative estimate of drug-likeness (QED) is 0.428. The lowest BCUT2D eigenvalue weighted by Crippen LogP contribution is -2.48. The van der Waals surface area contributed by atoms with Crippen LogP contribution in [-0.4, -0.2) is 71.6 Å². The van der Waals surface area contributed by atoms with E-state index in [9.17, 15) is 9.59 Å². The summed E-state index contributed by atoms with van der Waals surface area (Å²) in [7, 11) is 1.52. The van der Waals surface area contributed by atoms with Crippen molar-refractivity contribution in [3.8, 4) is 0 Å². The van der Waals surface area contributed by atoms with E-state index in [1.165, 1.54) is 24.2 Å². The maximum absolute atomic E-state index is 11.8. The number of nitrogens with zero attached hydrogens (tertiary/aromatic N) is 4. The van der Waals surface area contributed by atoms with Gasteiger partial charge in [0.2, 0.25) is 0 Å². The molecule has 3 amide bonds. The molecule has 136 valence electrons. The van der Waals surface area contributed by atoms with Gasteiger partial charge in [-0.25, -0.2) is 9.79 Å². The Morgan fingerprint density at radius 1 is 1.28 bits per heavy atom. The highest BCUT2D eigenvalue weighted by molar-refractivity contribution is 6.16. The number of rotatable bonds is 5. The van der Waals surface area contributed by atoms with E-state index in [-0.39, 0.29) is 5.70 Å². The molecule has 8 heteroatoms. The van der Waals surface area contributed by atoms with Crippen LogP contribution in [0.5, 0.6) is 0 Å². The minimum Gasteiger partial charge on any atom is -0.405 e. The number of piperazine rings is 1. The van der Waals surface area contributed by atoms with Crippen molar-refractivity contribution < 1.29 is 9.59 Å². The summed E-state index contributed by atoms with van der Waals surface area (Å²) in [4.78, 5) is 33.6. The molecule has 2 aliphatic rings. The Morgan fingerprint density at radius 2 is 1.92 bits per heavy atom. The molecule has 0 aromatic rings. The summed E-state index contributed by atoms with van der Waals surface area (Å²) in [6, 6.07) is 0.0595. The molecular weight excluding hydrogens is 320 g/mol. The van der Waals surface area contributed by atoms with E-state index < -0.39 is 11.9 Å². The fourth-order valence-corrected chi connectivity index (χ4v) is 2.74. The molecule has 2 saturated heterocycles. The average molecular weight is 346 g/mol. The van der Waals surface area contributed by atoms with Crippen molar-refractivity contribution in [2.75, 3.05) is 33.2 Å². The highest BCUT2D eigenvalue weighted by Crippen LogP contribution is 2.14. The second kappa shape index (κ2) is 7.98. The molecule has 0 saturated carbocycles. The number of hydrogen-bond donors (Lipinski definition) is 2. The first kappa shape index (κ1) is 18.7. The van der Waals surface area contributed by atoms with E-state index in [0.29, 0.717) is 17.6 Å². The van der Waals surface area contributed by atoms with Crippen LogP contribution < -0.4 is 11.1 Å². The lowest BCUT2D eigenvalue weighted by molar-refractivity contribution is -0.116. The van der Waals surface area contributed by atoms with Crippen LogP contribution in [0.15, 0.2) is 41.4 Å². The molecule has 2 heterocycles. The van der Waals surface area contributed by atoms with Crippen molar-refractivity contribution in [1.82, 2.24) is 20.0 Å². The fraction of sp³-hybridized carbons (Fsp3) is 0.471. The summed E-state index contributed by atoms with van der Waals surface area (Å²) in [6.45, 7) is 12.0. The second-order valence-electron chi connectivity index (χ2n) is 6.28. The maximum atomic E-state index is 11.8. The summed E-state index contributed by atoms with van der Waals surface area (Å²) in [5.74, 6) is 0.155. The normalized spacial score (nSPS) is 21.8. The van der Waals surface area contributed by atoms with Crippen molar-refractivity contribution in [3.63, 3.8) is 0 Å². The van der Waals surface area contributed by atoms with Crippen LogP contribution in [0.3, 0.4) is 0 Å². The highest BCUT2D eigenvalue weighted by Gasteiger charge is 2.30. The summed E-state index contributed by atoms with van der Waals surface area (Å²) >= 11 is 0. The highest BCUT2D eigenvalue weighted by atomic mass is 16.2. The van der Waals surface area contributed by atoms with E-state index in [0.717, 1.165) is 26.2 Å². The minimum absolute atomic E-state index is 0.222. The minimum atomic E-state index is -0.462. The van der Waals surface area contributed by atoms with Gasteiger partial charge >= 0.3 is 6.03 Å². The van der Waals surface area contributed by atoms with Crippen LogP contribution in [0.1, 0.15) is 13.8 Å². The van der Waals surface area contributed by atoms with Crippen LogP contribution in [0.4, 0.5) is 4.79 Å². The number of imide groups is 1. The van der Waals surface area contributed by atoms with Crippen LogP contribution in [0.25, 0.3) is 0 Å². The Bertz CT molecular complexity index is 642. The molecule has 8 nitrogen and oxygen atoms in total. The van der Waals surface area contributed by atoms with Gasteiger partial charge in [-0.2, -0.15) is 0 Å². The van der Waals surface area contributed by atoms with Crippen LogP contribution in [0, 0.1) is 0 Å². The Kier molecular flexibility index (Phi) is 5.97. The molecular formula is C17H26N6O2. The molecule has 0 aromatic carbocycles. The lowest BCUT2D eigenvalue weighted by atomic mass is 10.2.